The lowest BCUT2D eigenvalue weighted by Gasteiger charge is -2.01. The second kappa shape index (κ2) is 5.91. The van der Waals surface area contributed by atoms with Gasteiger partial charge in [-0.3, -0.25) is 0 Å². The van der Waals surface area contributed by atoms with Crippen LogP contribution < -0.4 is 5.73 Å². The van der Waals surface area contributed by atoms with E-state index < -0.39 is 0 Å². The molecule has 0 fully saturated rings. The van der Waals surface area contributed by atoms with Crippen LogP contribution in [-0.2, 0) is 0 Å². The lowest BCUT2D eigenvalue weighted by Crippen LogP contribution is -1.91. The van der Waals surface area contributed by atoms with E-state index in [-0.39, 0.29) is 0 Å². The summed E-state index contributed by atoms with van der Waals surface area (Å²) in [6.07, 6.45) is 0. The number of hydrogen-bond acceptors (Lipinski definition) is 2. The summed E-state index contributed by atoms with van der Waals surface area (Å²) < 4.78 is 0. The minimum absolute atomic E-state index is 0.558. The highest BCUT2D eigenvalue weighted by Gasteiger charge is 1.98. The second-order valence-electron chi connectivity index (χ2n) is 3.31. The molecule has 1 aromatic carbocycles. The van der Waals surface area contributed by atoms with Crippen LogP contribution in [0.25, 0.3) is 11.3 Å². The van der Waals surface area contributed by atoms with Crippen molar-refractivity contribution in [1.82, 2.24) is 4.98 Å². The Labute approximate surface area is 97.1 Å². The van der Waals surface area contributed by atoms with Crippen molar-refractivity contribution in [1.29, 1.82) is 0 Å². The van der Waals surface area contributed by atoms with Crippen LogP contribution in [0.2, 0.25) is 0 Å². The Kier molecular flexibility index (Phi) is 4.52. The zero-order chi connectivity index (χ0) is 12.0. The molecule has 0 spiro atoms. The van der Waals surface area contributed by atoms with E-state index in [1.165, 1.54) is 5.56 Å². The van der Waals surface area contributed by atoms with Gasteiger partial charge in [0.05, 0.1) is 5.69 Å². The quantitative estimate of drug-likeness (QED) is 0.786. The highest BCUT2D eigenvalue weighted by atomic mass is 14.8. The molecule has 0 aliphatic rings. The molecule has 1 heterocycles. The third kappa shape index (κ3) is 3.09. The average Bonchev–Trinajstić information content (AvgIpc) is 2.32. The van der Waals surface area contributed by atoms with Crippen LogP contribution in [-0.4, -0.2) is 4.98 Å². The number of aryl methyl sites for hydroxylation is 1. The standard InChI is InChI=1S/C12H12N2.C2H6/c1-9-5-7-10(8-6-9)11-3-2-4-12(13)14-11;1-2/h2-8H,1H3,(H2,13,14);1-2H3. The Morgan fingerprint density at radius 2 is 1.56 bits per heavy atom. The molecule has 2 N–H and O–H groups in total. The predicted octanol–water partition coefficient (Wildman–Crippen LogP) is 3.67. The molecule has 2 rings (SSSR count). The lowest BCUT2D eigenvalue weighted by atomic mass is 10.1. The number of pyridine rings is 1. The van der Waals surface area contributed by atoms with E-state index in [2.05, 4.69) is 36.2 Å². The Bertz CT molecular complexity index is 433. The number of nitrogen functional groups attached to an aromatic ring is 1. The van der Waals surface area contributed by atoms with E-state index in [1.807, 2.05) is 26.0 Å². The molecule has 0 radical (unpaired) electrons. The summed E-state index contributed by atoms with van der Waals surface area (Å²) in [6.45, 7) is 6.07. The van der Waals surface area contributed by atoms with Crippen LogP contribution in [0.15, 0.2) is 42.5 Å². The fourth-order valence-electron chi connectivity index (χ4n) is 1.34. The van der Waals surface area contributed by atoms with E-state index in [1.54, 1.807) is 6.07 Å². The number of nitrogens with zero attached hydrogens (tertiary/aromatic N) is 1. The van der Waals surface area contributed by atoms with Gasteiger partial charge >= 0.3 is 0 Å². The molecule has 0 amide bonds. The van der Waals surface area contributed by atoms with E-state index in [9.17, 15) is 0 Å². The number of aromatic nitrogens is 1. The number of benzene rings is 1. The summed E-state index contributed by atoms with van der Waals surface area (Å²) in [6, 6.07) is 13.9. The number of rotatable bonds is 1. The molecule has 0 bridgehead atoms. The van der Waals surface area contributed by atoms with Crippen LogP contribution in [0.1, 0.15) is 19.4 Å². The first-order chi connectivity index (χ1) is 7.75. The Balaban J connectivity index is 0.000000606. The summed E-state index contributed by atoms with van der Waals surface area (Å²) in [7, 11) is 0. The molecule has 0 saturated heterocycles. The Morgan fingerprint density at radius 1 is 0.938 bits per heavy atom. The van der Waals surface area contributed by atoms with Gasteiger partial charge < -0.3 is 5.73 Å². The van der Waals surface area contributed by atoms with Crippen molar-refractivity contribution < 1.29 is 0 Å². The third-order valence-electron chi connectivity index (χ3n) is 2.12. The molecule has 2 nitrogen and oxygen atoms in total. The van der Waals surface area contributed by atoms with Gasteiger partial charge in [0.1, 0.15) is 5.82 Å². The molecule has 1 aromatic heterocycles. The van der Waals surface area contributed by atoms with Crippen LogP contribution in [0, 0.1) is 6.92 Å². The lowest BCUT2D eigenvalue weighted by molar-refractivity contribution is 1.33. The maximum Gasteiger partial charge on any atom is 0.124 e. The van der Waals surface area contributed by atoms with Crippen molar-refractivity contribution in [2.45, 2.75) is 20.8 Å². The molecular weight excluding hydrogens is 196 g/mol. The number of nitrogens with two attached hydrogens (primary N) is 1. The monoisotopic (exact) mass is 214 g/mol. The first-order valence-electron chi connectivity index (χ1n) is 5.55. The largest absolute Gasteiger partial charge is 0.384 e. The maximum atomic E-state index is 5.61. The van der Waals surface area contributed by atoms with Gasteiger partial charge in [0.25, 0.3) is 0 Å². The summed E-state index contributed by atoms with van der Waals surface area (Å²) in [5.74, 6) is 0.558. The summed E-state index contributed by atoms with van der Waals surface area (Å²) in [4.78, 5) is 4.25. The second-order valence-corrected chi connectivity index (χ2v) is 3.31. The molecule has 0 aliphatic heterocycles. The molecule has 2 aromatic rings. The molecule has 0 unspecified atom stereocenters. The molecule has 0 aliphatic carbocycles. The molecular formula is C14H18N2. The van der Waals surface area contributed by atoms with Gasteiger partial charge in [0.15, 0.2) is 0 Å². The first kappa shape index (κ1) is 12.2. The van der Waals surface area contributed by atoms with E-state index in [0.717, 1.165) is 11.3 Å². The van der Waals surface area contributed by atoms with Crippen molar-refractivity contribution >= 4 is 5.82 Å². The van der Waals surface area contributed by atoms with Gasteiger partial charge in [-0.2, -0.15) is 0 Å². The minimum atomic E-state index is 0.558. The maximum absolute atomic E-state index is 5.61. The Hall–Kier alpha value is -1.83. The van der Waals surface area contributed by atoms with Crippen molar-refractivity contribution in [3.05, 3.63) is 48.0 Å². The predicted molar refractivity (Wildman–Crippen MR) is 70.2 cm³/mol. The smallest absolute Gasteiger partial charge is 0.124 e. The highest BCUT2D eigenvalue weighted by Crippen LogP contribution is 2.17. The van der Waals surface area contributed by atoms with Crippen molar-refractivity contribution in [3.8, 4) is 11.3 Å². The zero-order valence-corrected chi connectivity index (χ0v) is 10.1. The molecule has 2 heteroatoms. The highest BCUT2D eigenvalue weighted by molar-refractivity contribution is 5.60. The summed E-state index contributed by atoms with van der Waals surface area (Å²) >= 11 is 0. The minimum Gasteiger partial charge on any atom is -0.384 e. The van der Waals surface area contributed by atoms with Crippen molar-refractivity contribution in [2.75, 3.05) is 5.73 Å². The van der Waals surface area contributed by atoms with Crippen LogP contribution >= 0.6 is 0 Å². The summed E-state index contributed by atoms with van der Waals surface area (Å²) in [5.41, 5.74) is 8.88. The van der Waals surface area contributed by atoms with E-state index in [4.69, 9.17) is 5.73 Å². The molecule has 0 atom stereocenters. The van der Waals surface area contributed by atoms with E-state index >= 15 is 0 Å². The van der Waals surface area contributed by atoms with Gasteiger partial charge in [-0.15, -0.1) is 0 Å². The van der Waals surface area contributed by atoms with Crippen molar-refractivity contribution in [2.24, 2.45) is 0 Å². The van der Waals surface area contributed by atoms with Crippen molar-refractivity contribution in [3.63, 3.8) is 0 Å². The topological polar surface area (TPSA) is 38.9 Å². The van der Waals surface area contributed by atoms with Gasteiger partial charge in [-0.25, -0.2) is 4.98 Å². The first-order valence-corrected chi connectivity index (χ1v) is 5.55. The van der Waals surface area contributed by atoms with Gasteiger partial charge in [-0.05, 0) is 19.1 Å². The molecule has 84 valence electrons. The zero-order valence-electron chi connectivity index (χ0n) is 10.1. The van der Waals surface area contributed by atoms with Crippen LogP contribution in [0.5, 0.6) is 0 Å². The number of hydrogen-bond donors (Lipinski definition) is 1. The normalized spacial score (nSPS) is 9.19. The van der Waals surface area contributed by atoms with Crippen LogP contribution in [0.4, 0.5) is 5.82 Å². The third-order valence-corrected chi connectivity index (χ3v) is 2.12. The van der Waals surface area contributed by atoms with E-state index in [0.29, 0.717) is 5.82 Å². The van der Waals surface area contributed by atoms with Crippen LogP contribution in [0.3, 0.4) is 0 Å². The SMILES string of the molecule is CC.Cc1ccc(-c2cccc(N)n2)cc1. The number of anilines is 1. The average molecular weight is 214 g/mol. The Morgan fingerprint density at radius 3 is 2.12 bits per heavy atom. The fraction of sp³-hybridized carbons (Fsp3) is 0.214. The van der Waals surface area contributed by atoms with Gasteiger partial charge in [0.2, 0.25) is 0 Å². The fourth-order valence-corrected chi connectivity index (χ4v) is 1.34. The van der Waals surface area contributed by atoms with Gasteiger partial charge in [-0.1, -0.05) is 49.7 Å². The summed E-state index contributed by atoms with van der Waals surface area (Å²) in [5, 5.41) is 0. The van der Waals surface area contributed by atoms with Gasteiger partial charge in [0, 0.05) is 5.56 Å². The molecule has 0 saturated carbocycles. The molecule has 16 heavy (non-hydrogen) atoms.